The summed E-state index contributed by atoms with van der Waals surface area (Å²) in [5.41, 5.74) is 8.18. The number of nitrogens with zero attached hydrogens (tertiary/aromatic N) is 1. The lowest BCUT2D eigenvalue weighted by molar-refractivity contribution is 0.263. The van der Waals surface area contributed by atoms with Crippen molar-refractivity contribution in [2.24, 2.45) is 0 Å². The second-order valence-corrected chi connectivity index (χ2v) is 12.4. The molecule has 1 aliphatic rings. The van der Waals surface area contributed by atoms with Crippen LogP contribution in [0.25, 0.3) is 0 Å². The van der Waals surface area contributed by atoms with E-state index in [0.29, 0.717) is 6.04 Å². The molecular formula is C17H30N2OSi. The topological polar surface area (TPSA) is 38.5 Å². The Hall–Kier alpha value is -1.00. The van der Waals surface area contributed by atoms with Gasteiger partial charge in [0.25, 0.3) is 0 Å². The van der Waals surface area contributed by atoms with Gasteiger partial charge < -0.3 is 15.1 Å². The van der Waals surface area contributed by atoms with Gasteiger partial charge in [0.1, 0.15) is 0 Å². The molecule has 1 fully saturated rings. The summed E-state index contributed by atoms with van der Waals surface area (Å²) in [7, 11) is -1.67. The number of rotatable bonds is 4. The van der Waals surface area contributed by atoms with Crippen LogP contribution in [-0.2, 0) is 4.43 Å². The van der Waals surface area contributed by atoms with Crippen molar-refractivity contribution in [2.45, 2.75) is 57.8 Å². The molecule has 1 atom stereocenters. The molecule has 0 aromatic heterocycles. The van der Waals surface area contributed by atoms with E-state index >= 15 is 0 Å². The zero-order chi connectivity index (χ0) is 15.7. The molecule has 2 N–H and O–H groups in total. The van der Waals surface area contributed by atoms with Crippen molar-refractivity contribution >= 4 is 19.7 Å². The predicted octanol–water partition coefficient (Wildman–Crippen LogP) is 4.26. The molecule has 0 aliphatic carbocycles. The fraction of sp³-hybridized carbons (Fsp3) is 0.647. The van der Waals surface area contributed by atoms with Crippen molar-refractivity contribution in [3.05, 3.63) is 24.3 Å². The van der Waals surface area contributed by atoms with E-state index in [1.165, 1.54) is 18.5 Å². The van der Waals surface area contributed by atoms with Crippen LogP contribution in [0.1, 0.15) is 33.6 Å². The van der Waals surface area contributed by atoms with Crippen LogP contribution in [0, 0.1) is 0 Å². The molecule has 1 saturated heterocycles. The zero-order valence-corrected chi connectivity index (χ0v) is 15.1. The van der Waals surface area contributed by atoms with E-state index < -0.39 is 8.32 Å². The third-order valence-electron chi connectivity index (χ3n) is 5.07. The number of nitrogen functional groups attached to an aromatic ring is 1. The number of hydrogen-bond donors (Lipinski definition) is 1. The van der Waals surface area contributed by atoms with Crippen molar-refractivity contribution in [1.82, 2.24) is 0 Å². The molecule has 0 bridgehead atoms. The first-order valence-electron chi connectivity index (χ1n) is 7.97. The Morgan fingerprint density at radius 2 is 1.95 bits per heavy atom. The largest absolute Gasteiger partial charge is 0.415 e. The Morgan fingerprint density at radius 1 is 1.29 bits per heavy atom. The zero-order valence-electron chi connectivity index (χ0n) is 14.1. The first kappa shape index (κ1) is 16.4. The van der Waals surface area contributed by atoms with Crippen LogP contribution in [0.5, 0.6) is 0 Å². The number of nitrogens with two attached hydrogens (primary N) is 1. The van der Waals surface area contributed by atoms with Crippen molar-refractivity contribution in [1.29, 1.82) is 0 Å². The summed E-state index contributed by atoms with van der Waals surface area (Å²) in [6, 6.07) is 8.63. The maximum Gasteiger partial charge on any atom is 0.192 e. The molecule has 1 aromatic carbocycles. The van der Waals surface area contributed by atoms with Crippen molar-refractivity contribution in [3.63, 3.8) is 0 Å². The minimum absolute atomic E-state index is 0.266. The van der Waals surface area contributed by atoms with Gasteiger partial charge >= 0.3 is 0 Å². The smallest absolute Gasteiger partial charge is 0.192 e. The van der Waals surface area contributed by atoms with Gasteiger partial charge in [-0.15, -0.1) is 0 Å². The second-order valence-electron chi connectivity index (χ2n) is 7.62. The molecule has 1 aliphatic heterocycles. The Labute approximate surface area is 130 Å². The average Bonchev–Trinajstić information content (AvgIpc) is 2.84. The highest BCUT2D eigenvalue weighted by Gasteiger charge is 2.38. The number of hydrogen-bond acceptors (Lipinski definition) is 3. The fourth-order valence-electron chi connectivity index (χ4n) is 2.60. The summed E-state index contributed by atoms with van der Waals surface area (Å²) in [5, 5.41) is 0.266. The molecule has 21 heavy (non-hydrogen) atoms. The Kier molecular flexibility index (Phi) is 4.68. The quantitative estimate of drug-likeness (QED) is 0.667. The van der Waals surface area contributed by atoms with Crippen molar-refractivity contribution in [3.8, 4) is 0 Å². The van der Waals surface area contributed by atoms with E-state index in [2.05, 4.69) is 50.9 Å². The number of anilines is 2. The molecule has 118 valence electrons. The molecule has 0 radical (unpaired) electrons. The van der Waals surface area contributed by atoms with Crippen LogP contribution in [0.15, 0.2) is 24.3 Å². The van der Waals surface area contributed by atoms with Crippen LogP contribution >= 0.6 is 0 Å². The third kappa shape index (κ3) is 3.61. The van der Waals surface area contributed by atoms with Crippen LogP contribution in [0.2, 0.25) is 18.1 Å². The molecule has 0 amide bonds. The highest BCUT2D eigenvalue weighted by Crippen LogP contribution is 2.37. The van der Waals surface area contributed by atoms with Crippen LogP contribution < -0.4 is 10.6 Å². The Morgan fingerprint density at radius 3 is 2.57 bits per heavy atom. The highest BCUT2D eigenvalue weighted by molar-refractivity contribution is 6.74. The first-order chi connectivity index (χ1) is 9.72. The van der Waals surface area contributed by atoms with E-state index in [-0.39, 0.29) is 5.04 Å². The summed E-state index contributed by atoms with van der Waals surface area (Å²) in [4.78, 5) is 2.43. The van der Waals surface area contributed by atoms with Crippen LogP contribution in [0.3, 0.4) is 0 Å². The maximum atomic E-state index is 6.43. The lowest BCUT2D eigenvalue weighted by Gasteiger charge is -2.38. The number of para-hydroxylation sites is 2. The van der Waals surface area contributed by atoms with Gasteiger partial charge in [-0.1, -0.05) is 32.9 Å². The lowest BCUT2D eigenvalue weighted by Crippen LogP contribution is -2.44. The third-order valence-corrected chi connectivity index (χ3v) is 9.57. The molecule has 1 aromatic rings. The fourth-order valence-corrected chi connectivity index (χ4v) is 3.64. The SMILES string of the molecule is CC(C)(C)[Si](C)(C)OC[C@@H]1CCCN1c1ccccc1N. The van der Waals surface area contributed by atoms with Gasteiger partial charge in [-0.2, -0.15) is 0 Å². The lowest BCUT2D eigenvalue weighted by atomic mass is 10.2. The molecule has 0 unspecified atom stereocenters. The van der Waals surface area contributed by atoms with Crippen LogP contribution in [-0.4, -0.2) is 27.5 Å². The summed E-state index contributed by atoms with van der Waals surface area (Å²) < 4.78 is 6.43. The highest BCUT2D eigenvalue weighted by atomic mass is 28.4. The number of benzene rings is 1. The molecule has 2 rings (SSSR count). The first-order valence-corrected chi connectivity index (χ1v) is 10.9. The minimum Gasteiger partial charge on any atom is -0.415 e. The summed E-state index contributed by atoms with van der Waals surface area (Å²) in [5.74, 6) is 0. The molecule has 3 nitrogen and oxygen atoms in total. The van der Waals surface area contributed by atoms with E-state index in [1.54, 1.807) is 0 Å². The van der Waals surface area contributed by atoms with Gasteiger partial charge in [-0.3, -0.25) is 0 Å². The van der Waals surface area contributed by atoms with Gasteiger partial charge in [0.05, 0.1) is 24.0 Å². The standard InChI is InChI=1S/C17H30N2OSi/c1-17(2,3)21(4,5)20-13-14-9-8-12-19(14)16-11-7-6-10-15(16)18/h6-7,10-11,14H,8-9,12-13,18H2,1-5H3/t14-/m0/s1. The molecular weight excluding hydrogens is 276 g/mol. The van der Waals surface area contributed by atoms with E-state index in [1.807, 2.05) is 12.1 Å². The predicted molar refractivity (Wildman–Crippen MR) is 94.4 cm³/mol. The van der Waals surface area contributed by atoms with Gasteiger partial charge in [0.15, 0.2) is 8.32 Å². The molecule has 0 saturated carbocycles. The summed E-state index contributed by atoms with van der Waals surface area (Å²) in [6.45, 7) is 13.4. The van der Waals surface area contributed by atoms with Crippen molar-refractivity contribution in [2.75, 3.05) is 23.8 Å². The van der Waals surface area contributed by atoms with Gasteiger partial charge in [-0.25, -0.2) is 0 Å². The van der Waals surface area contributed by atoms with E-state index in [4.69, 9.17) is 10.2 Å². The Balaban J connectivity index is 2.05. The van der Waals surface area contributed by atoms with E-state index in [9.17, 15) is 0 Å². The summed E-state index contributed by atoms with van der Waals surface area (Å²) >= 11 is 0. The Bertz CT molecular complexity index is 482. The molecule has 1 heterocycles. The normalized spacial score (nSPS) is 20.0. The molecule has 4 heteroatoms. The van der Waals surface area contributed by atoms with Gasteiger partial charge in [0, 0.05) is 6.54 Å². The summed E-state index contributed by atoms with van der Waals surface area (Å²) in [6.07, 6.45) is 2.42. The van der Waals surface area contributed by atoms with Crippen molar-refractivity contribution < 1.29 is 4.43 Å². The monoisotopic (exact) mass is 306 g/mol. The minimum atomic E-state index is -1.67. The van der Waals surface area contributed by atoms with Crippen LogP contribution in [0.4, 0.5) is 11.4 Å². The maximum absolute atomic E-state index is 6.43. The second kappa shape index (κ2) is 6.01. The average molecular weight is 307 g/mol. The molecule has 0 spiro atoms. The van der Waals surface area contributed by atoms with Gasteiger partial charge in [0.2, 0.25) is 0 Å². The van der Waals surface area contributed by atoms with E-state index in [0.717, 1.165) is 18.8 Å². The van der Waals surface area contributed by atoms with Gasteiger partial charge in [-0.05, 0) is 43.1 Å².